The average molecular weight is 234 g/mol. The molecule has 1 unspecified atom stereocenters. The lowest BCUT2D eigenvalue weighted by Gasteiger charge is -2.26. The van der Waals surface area contributed by atoms with Crippen molar-refractivity contribution < 1.29 is 4.42 Å². The number of nitroso groups, excluding NO2 is 1. The van der Waals surface area contributed by atoms with Crippen LogP contribution in [0.2, 0.25) is 0 Å². The van der Waals surface area contributed by atoms with Gasteiger partial charge in [-0.05, 0) is 23.1 Å². The average Bonchev–Trinajstić information content (AvgIpc) is 2.28. The minimum absolute atomic E-state index is 0.0356. The van der Waals surface area contributed by atoms with E-state index in [0.29, 0.717) is 6.54 Å². The second-order valence-electron chi connectivity index (χ2n) is 5.22. The molecule has 0 aromatic carbocycles. The molecule has 0 aromatic rings. The van der Waals surface area contributed by atoms with Crippen molar-refractivity contribution in [2.24, 2.45) is 16.5 Å². The van der Waals surface area contributed by atoms with E-state index in [1.807, 2.05) is 24.3 Å². The Morgan fingerprint density at radius 1 is 1.29 bits per heavy atom. The summed E-state index contributed by atoms with van der Waals surface area (Å²) in [4.78, 5) is 10.5. The summed E-state index contributed by atoms with van der Waals surface area (Å²) in [6, 6.07) is 0. The summed E-state index contributed by atoms with van der Waals surface area (Å²) in [5.41, 5.74) is 1.13. The third kappa shape index (κ3) is 4.10. The van der Waals surface area contributed by atoms with Crippen LogP contribution in [-0.4, -0.2) is 19.4 Å². The number of ketones is 1. The van der Waals surface area contributed by atoms with Crippen molar-refractivity contribution in [1.82, 2.24) is 0 Å². The van der Waals surface area contributed by atoms with Gasteiger partial charge in [-0.3, -0.25) is 4.42 Å². The van der Waals surface area contributed by atoms with Crippen molar-refractivity contribution in [3.05, 3.63) is 40.9 Å². The van der Waals surface area contributed by atoms with Crippen LogP contribution in [0.5, 0.6) is 0 Å². The van der Waals surface area contributed by atoms with Crippen LogP contribution in [0, 0.1) is 16.2 Å². The van der Waals surface area contributed by atoms with Crippen LogP contribution in [0.3, 0.4) is 0 Å². The van der Waals surface area contributed by atoms with Crippen LogP contribution < -0.4 is 0 Å². The van der Waals surface area contributed by atoms with E-state index < -0.39 is 0 Å². The van der Waals surface area contributed by atoms with Gasteiger partial charge >= 0.3 is 5.78 Å². The molecule has 0 bridgehead atoms. The minimum atomic E-state index is 0.0356. The Morgan fingerprint density at radius 2 is 1.88 bits per heavy atom. The fourth-order valence-electron chi connectivity index (χ4n) is 1.60. The minimum Gasteiger partial charge on any atom is -0.258 e. The maximum absolute atomic E-state index is 10.5. The van der Waals surface area contributed by atoms with Crippen LogP contribution in [0.15, 0.2) is 41.1 Å². The van der Waals surface area contributed by atoms with Gasteiger partial charge in [-0.15, -0.1) is 0 Å². The van der Waals surface area contributed by atoms with Crippen LogP contribution in [0.25, 0.3) is 0 Å². The van der Waals surface area contributed by atoms with Gasteiger partial charge in [0.25, 0.3) is 7.11 Å². The Hall–Kier alpha value is -1.51. The van der Waals surface area contributed by atoms with Crippen LogP contribution in [0.1, 0.15) is 20.8 Å². The quantitative estimate of drug-likeness (QED) is 0.546. The van der Waals surface area contributed by atoms with E-state index in [2.05, 4.69) is 32.0 Å². The lowest BCUT2D eigenvalue weighted by atomic mass is 9.79. The maximum atomic E-state index is 10.5. The van der Waals surface area contributed by atoms with Crippen LogP contribution in [0.4, 0.5) is 0 Å². The molecule has 92 valence electrons. The molecule has 1 atom stereocenters. The summed E-state index contributed by atoms with van der Waals surface area (Å²) in [5.74, 6) is 0.983. The zero-order valence-electron chi connectivity index (χ0n) is 10.9. The van der Waals surface area contributed by atoms with Gasteiger partial charge in [0, 0.05) is 18.1 Å². The fraction of sp³-hybridized carbons (Fsp3) is 0.500. The van der Waals surface area contributed by atoms with E-state index in [0.717, 1.165) is 11.4 Å². The van der Waals surface area contributed by atoms with E-state index in [-0.39, 0.29) is 11.3 Å². The van der Waals surface area contributed by atoms with Crippen molar-refractivity contribution in [2.75, 3.05) is 13.7 Å². The highest BCUT2D eigenvalue weighted by Gasteiger charge is 2.23. The molecule has 0 fully saturated rings. The third-order valence-corrected chi connectivity index (χ3v) is 2.89. The molecule has 3 heteroatoms. The lowest BCUT2D eigenvalue weighted by molar-refractivity contribution is -0.417. The Labute approximate surface area is 103 Å². The van der Waals surface area contributed by atoms with Crippen molar-refractivity contribution >= 4 is 5.78 Å². The van der Waals surface area contributed by atoms with Crippen LogP contribution in [-0.2, 0) is 4.42 Å². The Bertz CT molecular complexity index is 377. The van der Waals surface area contributed by atoms with Crippen molar-refractivity contribution in [1.29, 1.82) is 0 Å². The fourth-order valence-corrected chi connectivity index (χ4v) is 1.60. The predicted octanol–water partition coefficient (Wildman–Crippen LogP) is 3.20. The Balaban J connectivity index is 2.87. The molecule has 0 amide bonds. The number of rotatable bonds is 3. The molecule has 0 aliphatic heterocycles. The molecule has 1 aliphatic carbocycles. The van der Waals surface area contributed by atoms with Crippen molar-refractivity contribution in [3.8, 4) is 0 Å². The monoisotopic (exact) mass is 234 g/mol. The van der Waals surface area contributed by atoms with Crippen molar-refractivity contribution in [3.63, 3.8) is 0 Å². The highest BCUT2D eigenvalue weighted by atomic mass is 16.4. The molecule has 1 aliphatic rings. The molecular formula is C14H20NO2+. The second kappa shape index (κ2) is 5.71. The topological polar surface area (TPSA) is 40.7 Å². The number of carbonyl (C=O) groups excluding carboxylic acids is 1. The smallest absolute Gasteiger partial charge is 0.258 e. The standard InChI is InChI=1S/C14H20NO2/c1-14(2,3)12(10-15-16)9-11-5-7-13(17-4)8-6-11/h5-9,12H,10H2,1-4H3/q+1. The van der Waals surface area contributed by atoms with Gasteiger partial charge in [0.15, 0.2) is 0 Å². The number of hydrogen-bond acceptors (Lipinski definition) is 2. The molecule has 17 heavy (non-hydrogen) atoms. The van der Waals surface area contributed by atoms with Gasteiger partial charge in [-0.2, -0.15) is 4.91 Å². The molecule has 0 radical (unpaired) electrons. The van der Waals surface area contributed by atoms with E-state index >= 15 is 0 Å². The summed E-state index contributed by atoms with van der Waals surface area (Å²) in [6.45, 7) is 6.66. The molecule has 0 spiro atoms. The van der Waals surface area contributed by atoms with E-state index in [1.54, 1.807) is 7.11 Å². The second-order valence-corrected chi connectivity index (χ2v) is 5.22. The molecule has 0 saturated carbocycles. The van der Waals surface area contributed by atoms with Gasteiger partial charge in [-0.1, -0.05) is 32.0 Å². The number of hydrogen-bond donors (Lipinski definition) is 0. The lowest BCUT2D eigenvalue weighted by Crippen LogP contribution is -2.21. The zero-order valence-corrected chi connectivity index (χ0v) is 10.9. The zero-order chi connectivity index (χ0) is 12.9. The van der Waals surface area contributed by atoms with Crippen LogP contribution >= 0.6 is 0 Å². The first-order valence-electron chi connectivity index (χ1n) is 5.75. The third-order valence-electron chi connectivity index (χ3n) is 2.89. The Kier molecular flexibility index (Phi) is 4.55. The van der Waals surface area contributed by atoms with E-state index in [1.165, 1.54) is 0 Å². The molecule has 0 aromatic heterocycles. The first-order chi connectivity index (χ1) is 7.97. The number of allylic oxidation sites excluding steroid dienone is 5. The van der Waals surface area contributed by atoms with Gasteiger partial charge in [-0.25, -0.2) is 0 Å². The van der Waals surface area contributed by atoms with Crippen molar-refractivity contribution in [2.45, 2.75) is 20.8 Å². The summed E-state index contributed by atoms with van der Waals surface area (Å²) >= 11 is 0. The summed E-state index contributed by atoms with van der Waals surface area (Å²) in [6.07, 6.45) is 9.91. The molecule has 1 rings (SSSR count). The van der Waals surface area contributed by atoms with Gasteiger partial charge in [0.2, 0.25) is 0 Å². The molecule has 0 saturated heterocycles. The highest BCUT2D eigenvalue weighted by molar-refractivity contribution is 6.01. The van der Waals surface area contributed by atoms with E-state index in [9.17, 15) is 4.91 Å². The first kappa shape index (κ1) is 13.6. The summed E-state index contributed by atoms with van der Waals surface area (Å²) in [7, 11) is 1.65. The van der Waals surface area contributed by atoms with Gasteiger partial charge in [0.05, 0.1) is 6.54 Å². The highest BCUT2D eigenvalue weighted by Crippen LogP contribution is 2.29. The largest absolute Gasteiger partial charge is 0.343 e. The molecular weight excluding hydrogens is 214 g/mol. The van der Waals surface area contributed by atoms with Gasteiger partial charge in [0.1, 0.15) is 0 Å². The maximum Gasteiger partial charge on any atom is 0.343 e. The number of nitrogens with zero attached hydrogens (tertiary/aromatic N) is 1. The Morgan fingerprint density at radius 3 is 2.29 bits per heavy atom. The predicted molar refractivity (Wildman–Crippen MR) is 70.9 cm³/mol. The normalized spacial score (nSPS) is 16.9. The molecule has 3 nitrogen and oxygen atoms in total. The van der Waals surface area contributed by atoms with E-state index in [4.69, 9.17) is 4.42 Å². The van der Waals surface area contributed by atoms with Gasteiger partial charge < -0.3 is 0 Å². The summed E-state index contributed by atoms with van der Waals surface area (Å²) < 4.78 is 5.11. The molecule has 0 heterocycles. The molecule has 0 N–H and O–H groups in total. The first-order valence-corrected chi connectivity index (χ1v) is 5.75. The SMILES string of the molecule is C[O+]=C1C=CC(=CC(CN=O)C(C)(C)C)C=C1. The summed E-state index contributed by atoms with van der Waals surface area (Å²) in [5, 5.41) is 3.03.